The molecule has 1 unspecified atom stereocenters. The topological polar surface area (TPSA) is 49.8 Å². The van der Waals surface area contributed by atoms with Gasteiger partial charge < -0.3 is 10.6 Å². The Hall–Kier alpha value is -1.39. The average molecular weight is 224 g/mol. The van der Waals surface area contributed by atoms with E-state index >= 15 is 0 Å². The van der Waals surface area contributed by atoms with Crippen LogP contribution in [0.1, 0.15) is 26.2 Å². The summed E-state index contributed by atoms with van der Waals surface area (Å²) in [5, 5.41) is 5.88. The number of aromatic nitrogens is 2. The van der Waals surface area contributed by atoms with E-state index in [1.807, 2.05) is 0 Å². The van der Waals surface area contributed by atoms with Crippen molar-refractivity contribution in [3.63, 3.8) is 0 Å². The Morgan fingerprint density at radius 1 is 1.56 bits per heavy atom. The minimum atomic E-state index is -0.401. The van der Waals surface area contributed by atoms with Crippen molar-refractivity contribution < 1.29 is 4.39 Å². The van der Waals surface area contributed by atoms with Crippen LogP contribution < -0.4 is 10.6 Å². The molecular formula is C11H17FN4. The fourth-order valence-electron chi connectivity index (χ4n) is 1.73. The number of hydrogen-bond donors (Lipinski definition) is 2. The van der Waals surface area contributed by atoms with Crippen LogP contribution >= 0.6 is 0 Å². The number of nitrogens with zero attached hydrogens (tertiary/aromatic N) is 2. The Labute approximate surface area is 94.7 Å². The van der Waals surface area contributed by atoms with Crippen LogP contribution in [0.15, 0.2) is 6.20 Å². The molecule has 16 heavy (non-hydrogen) atoms. The van der Waals surface area contributed by atoms with Gasteiger partial charge in [0, 0.05) is 13.1 Å². The van der Waals surface area contributed by atoms with E-state index in [1.165, 1.54) is 19.0 Å². The van der Waals surface area contributed by atoms with E-state index in [-0.39, 0.29) is 11.9 Å². The van der Waals surface area contributed by atoms with E-state index in [4.69, 9.17) is 0 Å². The maximum Gasteiger partial charge on any atom is 0.224 e. The number of halogens is 1. The first-order chi connectivity index (χ1) is 7.69. The van der Waals surface area contributed by atoms with Crippen LogP contribution in [-0.4, -0.2) is 23.1 Å². The predicted octanol–water partition coefficient (Wildman–Crippen LogP) is 2.26. The summed E-state index contributed by atoms with van der Waals surface area (Å²) in [7, 11) is 1.71. The van der Waals surface area contributed by atoms with E-state index < -0.39 is 5.82 Å². The van der Waals surface area contributed by atoms with Crippen LogP contribution in [0.4, 0.5) is 16.2 Å². The second kappa shape index (κ2) is 4.63. The Morgan fingerprint density at radius 2 is 2.31 bits per heavy atom. The van der Waals surface area contributed by atoms with Gasteiger partial charge in [0.05, 0.1) is 6.20 Å². The SMILES string of the molecule is CNc1ncc(F)c(NC(C)CC2CC2)n1. The maximum absolute atomic E-state index is 13.4. The first kappa shape index (κ1) is 11.1. The number of nitrogens with one attached hydrogen (secondary N) is 2. The lowest BCUT2D eigenvalue weighted by Crippen LogP contribution is -2.18. The van der Waals surface area contributed by atoms with Gasteiger partial charge in [-0.1, -0.05) is 12.8 Å². The maximum atomic E-state index is 13.4. The Morgan fingerprint density at radius 3 is 2.94 bits per heavy atom. The van der Waals surface area contributed by atoms with E-state index in [0.717, 1.165) is 12.3 Å². The fourth-order valence-corrected chi connectivity index (χ4v) is 1.73. The zero-order chi connectivity index (χ0) is 11.5. The van der Waals surface area contributed by atoms with Gasteiger partial charge in [-0.2, -0.15) is 4.98 Å². The largest absolute Gasteiger partial charge is 0.365 e. The summed E-state index contributed by atoms with van der Waals surface area (Å²) in [6.07, 6.45) is 4.88. The molecule has 2 rings (SSSR count). The lowest BCUT2D eigenvalue weighted by Gasteiger charge is -2.14. The molecule has 1 aromatic heterocycles. The molecule has 1 saturated carbocycles. The van der Waals surface area contributed by atoms with Gasteiger partial charge in [0.15, 0.2) is 11.6 Å². The van der Waals surface area contributed by atoms with Gasteiger partial charge in [0.1, 0.15) is 0 Å². The van der Waals surface area contributed by atoms with Gasteiger partial charge in [-0.05, 0) is 19.3 Å². The molecule has 1 fully saturated rings. The van der Waals surface area contributed by atoms with Crippen LogP contribution in [0.3, 0.4) is 0 Å². The van der Waals surface area contributed by atoms with Crippen molar-refractivity contribution in [2.24, 2.45) is 5.92 Å². The quantitative estimate of drug-likeness (QED) is 0.805. The number of hydrogen-bond acceptors (Lipinski definition) is 4. The van der Waals surface area contributed by atoms with E-state index in [1.54, 1.807) is 7.05 Å². The van der Waals surface area contributed by atoms with Gasteiger partial charge in [-0.25, -0.2) is 9.37 Å². The predicted molar refractivity (Wildman–Crippen MR) is 62.0 cm³/mol. The molecule has 88 valence electrons. The Bertz CT molecular complexity index is 365. The molecule has 1 heterocycles. The molecular weight excluding hydrogens is 207 g/mol. The van der Waals surface area contributed by atoms with Crippen LogP contribution in [0.5, 0.6) is 0 Å². The average Bonchev–Trinajstić information content (AvgIpc) is 3.05. The van der Waals surface area contributed by atoms with Crippen LogP contribution in [-0.2, 0) is 0 Å². The summed E-state index contributed by atoms with van der Waals surface area (Å²) in [5.41, 5.74) is 0. The van der Waals surface area contributed by atoms with Gasteiger partial charge >= 0.3 is 0 Å². The van der Waals surface area contributed by atoms with Crippen molar-refractivity contribution >= 4 is 11.8 Å². The molecule has 5 heteroatoms. The molecule has 0 saturated heterocycles. The van der Waals surface area contributed by atoms with Crippen LogP contribution in [0, 0.1) is 11.7 Å². The van der Waals surface area contributed by atoms with Crippen molar-refractivity contribution in [1.29, 1.82) is 0 Å². The monoisotopic (exact) mass is 224 g/mol. The summed E-state index contributed by atoms with van der Waals surface area (Å²) in [4.78, 5) is 7.85. The standard InChI is InChI=1S/C11H17FN4/c1-7(5-8-3-4-8)15-10-9(12)6-14-11(13-2)16-10/h6-8H,3-5H2,1-2H3,(H2,13,14,15,16). The summed E-state index contributed by atoms with van der Waals surface area (Å²) in [6.45, 7) is 2.05. The molecule has 4 nitrogen and oxygen atoms in total. The van der Waals surface area contributed by atoms with Crippen molar-refractivity contribution in [2.75, 3.05) is 17.7 Å². The highest BCUT2D eigenvalue weighted by molar-refractivity contribution is 5.41. The normalized spacial score (nSPS) is 16.9. The molecule has 0 aliphatic heterocycles. The minimum Gasteiger partial charge on any atom is -0.365 e. The molecule has 1 aliphatic carbocycles. The molecule has 2 N–H and O–H groups in total. The molecule has 0 aromatic carbocycles. The highest BCUT2D eigenvalue weighted by Crippen LogP contribution is 2.34. The second-order valence-electron chi connectivity index (χ2n) is 4.36. The minimum absolute atomic E-state index is 0.251. The van der Waals surface area contributed by atoms with Gasteiger partial charge in [0.2, 0.25) is 5.95 Å². The molecule has 0 spiro atoms. The van der Waals surface area contributed by atoms with E-state index in [2.05, 4.69) is 27.5 Å². The molecule has 1 aromatic rings. The Balaban J connectivity index is 2.00. The molecule has 0 amide bonds. The van der Waals surface area contributed by atoms with Crippen molar-refractivity contribution in [1.82, 2.24) is 9.97 Å². The van der Waals surface area contributed by atoms with Gasteiger partial charge in [0.25, 0.3) is 0 Å². The van der Waals surface area contributed by atoms with Crippen molar-refractivity contribution in [2.45, 2.75) is 32.2 Å². The molecule has 0 bridgehead atoms. The first-order valence-corrected chi connectivity index (χ1v) is 5.66. The number of anilines is 2. The second-order valence-corrected chi connectivity index (χ2v) is 4.36. The van der Waals surface area contributed by atoms with E-state index in [9.17, 15) is 4.39 Å². The zero-order valence-corrected chi connectivity index (χ0v) is 9.63. The van der Waals surface area contributed by atoms with Crippen molar-refractivity contribution in [3.8, 4) is 0 Å². The summed E-state index contributed by atoms with van der Waals surface area (Å²) < 4.78 is 13.4. The molecule has 1 atom stereocenters. The third-order valence-corrected chi connectivity index (χ3v) is 2.73. The van der Waals surface area contributed by atoms with Crippen molar-refractivity contribution in [3.05, 3.63) is 12.0 Å². The third kappa shape index (κ3) is 2.81. The Kier molecular flexibility index (Phi) is 3.22. The van der Waals surface area contributed by atoms with Gasteiger partial charge in [-0.3, -0.25) is 0 Å². The summed E-state index contributed by atoms with van der Waals surface area (Å²) >= 11 is 0. The summed E-state index contributed by atoms with van der Waals surface area (Å²) in [6, 6.07) is 0.251. The fraction of sp³-hybridized carbons (Fsp3) is 0.636. The first-order valence-electron chi connectivity index (χ1n) is 5.66. The zero-order valence-electron chi connectivity index (χ0n) is 9.63. The highest BCUT2D eigenvalue weighted by Gasteiger charge is 2.24. The van der Waals surface area contributed by atoms with Crippen LogP contribution in [0.2, 0.25) is 0 Å². The third-order valence-electron chi connectivity index (χ3n) is 2.73. The smallest absolute Gasteiger partial charge is 0.224 e. The molecule has 1 aliphatic rings. The highest BCUT2D eigenvalue weighted by atomic mass is 19.1. The lowest BCUT2D eigenvalue weighted by molar-refractivity contribution is 0.599. The lowest BCUT2D eigenvalue weighted by atomic mass is 10.1. The van der Waals surface area contributed by atoms with E-state index in [0.29, 0.717) is 5.95 Å². The summed E-state index contributed by atoms with van der Waals surface area (Å²) in [5.74, 6) is 1.13. The number of rotatable bonds is 5. The van der Waals surface area contributed by atoms with Gasteiger partial charge in [-0.15, -0.1) is 0 Å². The molecule has 0 radical (unpaired) electrons. The van der Waals surface area contributed by atoms with Crippen LogP contribution in [0.25, 0.3) is 0 Å².